The SMILES string of the molecule is C[C@@](OCC(F)(F)F)(C(=O)O)c1ccc(OCCNCc2nc3ccccc3o2)cc1. The number of hydrogen-bond donors (Lipinski definition) is 2. The van der Waals surface area contributed by atoms with E-state index in [4.69, 9.17) is 9.15 Å². The van der Waals surface area contributed by atoms with E-state index in [1.807, 2.05) is 24.3 Å². The average molecular weight is 438 g/mol. The lowest BCUT2D eigenvalue weighted by molar-refractivity contribution is -0.212. The van der Waals surface area contributed by atoms with Crippen LogP contribution in [0.25, 0.3) is 11.1 Å². The summed E-state index contributed by atoms with van der Waals surface area (Å²) in [7, 11) is 0. The first kappa shape index (κ1) is 22.6. The van der Waals surface area contributed by atoms with Crippen LogP contribution >= 0.6 is 0 Å². The molecule has 0 spiro atoms. The Morgan fingerprint density at radius 2 is 1.87 bits per heavy atom. The van der Waals surface area contributed by atoms with E-state index >= 15 is 0 Å². The Labute approximate surface area is 175 Å². The smallest absolute Gasteiger partial charge is 0.411 e. The molecule has 0 aliphatic rings. The van der Waals surface area contributed by atoms with Crippen LogP contribution in [0.5, 0.6) is 5.75 Å². The topological polar surface area (TPSA) is 93.8 Å². The number of aliphatic carboxylic acids is 1. The molecule has 1 aromatic heterocycles. The molecule has 0 saturated heterocycles. The van der Waals surface area contributed by atoms with Crippen molar-refractivity contribution in [1.82, 2.24) is 10.3 Å². The maximum atomic E-state index is 12.4. The molecule has 0 radical (unpaired) electrons. The number of carboxylic acids is 1. The number of nitrogens with zero attached hydrogens (tertiary/aromatic N) is 1. The first-order valence-corrected chi connectivity index (χ1v) is 9.40. The van der Waals surface area contributed by atoms with E-state index in [1.54, 1.807) is 0 Å². The first-order valence-electron chi connectivity index (χ1n) is 9.40. The molecule has 10 heteroatoms. The van der Waals surface area contributed by atoms with Crippen molar-refractivity contribution in [3.63, 3.8) is 0 Å². The monoisotopic (exact) mass is 438 g/mol. The van der Waals surface area contributed by atoms with E-state index < -0.39 is 24.4 Å². The van der Waals surface area contributed by atoms with Crippen LogP contribution in [0.2, 0.25) is 0 Å². The van der Waals surface area contributed by atoms with Gasteiger partial charge in [-0.05, 0) is 36.8 Å². The minimum Gasteiger partial charge on any atom is -0.492 e. The van der Waals surface area contributed by atoms with Gasteiger partial charge in [0.2, 0.25) is 5.89 Å². The number of carbonyl (C=O) groups is 1. The van der Waals surface area contributed by atoms with Gasteiger partial charge < -0.3 is 24.3 Å². The summed E-state index contributed by atoms with van der Waals surface area (Å²) in [5, 5.41) is 12.5. The third-order valence-corrected chi connectivity index (χ3v) is 4.50. The van der Waals surface area contributed by atoms with Crippen LogP contribution < -0.4 is 10.1 Å². The Morgan fingerprint density at radius 1 is 1.16 bits per heavy atom. The van der Waals surface area contributed by atoms with Gasteiger partial charge in [0.1, 0.15) is 24.5 Å². The Balaban J connectivity index is 1.48. The first-order chi connectivity index (χ1) is 14.7. The van der Waals surface area contributed by atoms with E-state index in [-0.39, 0.29) is 5.56 Å². The van der Waals surface area contributed by atoms with Crippen LogP contribution in [0.3, 0.4) is 0 Å². The standard InChI is InChI=1S/C21H21F3N2O5/c1-20(19(27)28,30-13-21(22,23)24)14-6-8-15(9-7-14)29-11-10-25-12-18-26-16-4-2-3-5-17(16)31-18/h2-9,25H,10-13H2,1H3,(H,27,28)/t20-/m0/s1. The van der Waals surface area contributed by atoms with Gasteiger partial charge in [0, 0.05) is 6.54 Å². The van der Waals surface area contributed by atoms with E-state index in [2.05, 4.69) is 15.0 Å². The molecule has 2 N–H and O–H groups in total. The zero-order chi connectivity index (χ0) is 22.5. The van der Waals surface area contributed by atoms with Crippen molar-refractivity contribution >= 4 is 17.1 Å². The van der Waals surface area contributed by atoms with Crippen molar-refractivity contribution in [1.29, 1.82) is 0 Å². The fraction of sp³-hybridized carbons (Fsp3) is 0.333. The van der Waals surface area contributed by atoms with Crippen LogP contribution in [0.1, 0.15) is 18.4 Å². The number of benzene rings is 2. The second kappa shape index (κ2) is 9.36. The molecule has 0 fully saturated rings. The zero-order valence-corrected chi connectivity index (χ0v) is 16.6. The van der Waals surface area contributed by atoms with Gasteiger partial charge in [0.25, 0.3) is 0 Å². The molecule has 31 heavy (non-hydrogen) atoms. The van der Waals surface area contributed by atoms with Crippen molar-refractivity contribution in [3.05, 3.63) is 60.0 Å². The van der Waals surface area contributed by atoms with E-state index in [9.17, 15) is 23.1 Å². The molecule has 3 rings (SSSR count). The summed E-state index contributed by atoms with van der Waals surface area (Å²) in [6.07, 6.45) is -4.63. The van der Waals surface area contributed by atoms with Crippen LogP contribution in [0.4, 0.5) is 13.2 Å². The number of oxazole rings is 1. The predicted molar refractivity (Wildman–Crippen MR) is 105 cm³/mol. The fourth-order valence-electron chi connectivity index (χ4n) is 2.80. The molecule has 3 aromatic rings. The van der Waals surface area contributed by atoms with Gasteiger partial charge in [-0.3, -0.25) is 0 Å². The molecule has 0 aliphatic carbocycles. The van der Waals surface area contributed by atoms with Crippen LogP contribution in [-0.2, 0) is 21.7 Å². The molecule has 7 nitrogen and oxygen atoms in total. The number of ether oxygens (including phenoxy) is 2. The Hall–Kier alpha value is -3.11. The summed E-state index contributed by atoms with van der Waals surface area (Å²) < 4.78 is 53.1. The maximum absolute atomic E-state index is 12.4. The Kier molecular flexibility index (Phi) is 6.81. The van der Waals surface area contributed by atoms with E-state index in [1.165, 1.54) is 24.3 Å². The van der Waals surface area contributed by atoms with Crippen molar-refractivity contribution < 1.29 is 37.0 Å². The van der Waals surface area contributed by atoms with Gasteiger partial charge in [-0.25, -0.2) is 9.78 Å². The predicted octanol–water partition coefficient (Wildman–Crippen LogP) is 3.88. The molecule has 2 aromatic carbocycles. The lowest BCUT2D eigenvalue weighted by Crippen LogP contribution is -2.38. The number of para-hydroxylation sites is 2. The summed E-state index contributed by atoms with van der Waals surface area (Å²) in [5.41, 5.74) is -0.563. The molecule has 0 unspecified atom stereocenters. The normalized spacial score (nSPS) is 13.8. The van der Waals surface area contributed by atoms with Gasteiger partial charge in [-0.1, -0.05) is 24.3 Å². The van der Waals surface area contributed by atoms with Crippen LogP contribution in [-0.4, -0.2) is 42.0 Å². The molecule has 0 amide bonds. The van der Waals surface area contributed by atoms with E-state index in [0.717, 1.165) is 12.4 Å². The highest BCUT2D eigenvalue weighted by Crippen LogP contribution is 2.30. The zero-order valence-electron chi connectivity index (χ0n) is 16.6. The summed E-state index contributed by atoms with van der Waals surface area (Å²) in [6.45, 7) is 0.625. The van der Waals surface area contributed by atoms with Gasteiger partial charge >= 0.3 is 12.1 Å². The summed E-state index contributed by atoms with van der Waals surface area (Å²) in [5.74, 6) is -0.526. The molecule has 166 valence electrons. The number of aromatic nitrogens is 1. The number of halogens is 3. The van der Waals surface area contributed by atoms with E-state index in [0.29, 0.717) is 36.9 Å². The Morgan fingerprint density at radius 3 is 2.52 bits per heavy atom. The second-order valence-corrected chi connectivity index (χ2v) is 6.87. The molecule has 1 atom stereocenters. The third kappa shape index (κ3) is 5.96. The number of fused-ring (bicyclic) bond motifs is 1. The number of rotatable bonds is 10. The van der Waals surface area contributed by atoms with Crippen LogP contribution in [0.15, 0.2) is 52.9 Å². The summed E-state index contributed by atoms with van der Waals surface area (Å²) >= 11 is 0. The average Bonchev–Trinajstić information content (AvgIpc) is 3.14. The molecular weight excluding hydrogens is 417 g/mol. The minimum absolute atomic E-state index is 0.0747. The number of carboxylic acid groups (broad SMARTS) is 1. The second-order valence-electron chi connectivity index (χ2n) is 6.87. The lowest BCUT2D eigenvalue weighted by atomic mass is 9.96. The van der Waals surface area contributed by atoms with Gasteiger partial charge in [0.05, 0.1) is 6.54 Å². The Bertz CT molecular complexity index is 987. The largest absolute Gasteiger partial charge is 0.492 e. The molecular formula is C21H21F3N2O5. The number of alkyl halides is 3. The van der Waals surface area contributed by atoms with Gasteiger partial charge in [-0.2, -0.15) is 13.2 Å². The molecule has 1 heterocycles. The van der Waals surface area contributed by atoms with Gasteiger partial charge in [-0.15, -0.1) is 0 Å². The number of nitrogens with one attached hydrogen (secondary N) is 1. The maximum Gasteiger partial charge on any atom is 0.411 e. The van der Waals surface area contributed by atoms with Crippen LogP contribution in [0, 0.1) is 0 Å². The van der Waals surface area contributed by atoms with Gasteiger partial charge in [0.15, 0.2) is 11.2 Å². The minimum atomic E-state index is -4.63. The molecule has 0 bridgehead atoms. The fourth-order valence-corrected chi connectivity index (χ4v) is 2.80. The summed E-state index contributed by atoms with van der Waals surface area (Å²) in [4.78, 5) is 15.8. The highest BCUT2D eigenvalue weighted by Gasteiger charge is 2.41. The lowest BCUT2D eigenvalue weighted by Gasteiger charge is -2.26. The quantitative estimate of drug-likeness (QED) is 0.464. The summed E-state index contributed by atoms with van der Waals surface area (Å²) in [6, 6.07) is 13.1. The highest BCUT2D eigenvalue weighted by atomic mass is 19.4. The van der Waals surface area contributed by atoms with Crippen molar-refractivity contribution in [2.75, 3.05) is 19.8 Å². The van der Waals surface area contributed by atoms with Crippen molar-refractivity contribution in [3.8, 4) is 5.75 Å². The van der Waals surface area contributed by atoms with Crippen molar-refractivity contribution in [2.45, 2.75) is 25.2 Å². The highest BCUT2D eigenvalue weighted by molar-refractivity contribution is 5.79. The number of hydrogen-bond acceptors (Lipinski definition) is 6. The third-order valence-electron chi connectivity index (χ3n) is 4.50. The van der Waals surface area contributed by atoms with Crippen molar-refractivity contribution in [2.24, 2.45) is 0 Å². The molecule has 0 saturated carbocycles. The molecule has 0 aliphatic heterocycles.